The molecule has 1 heterocycles. The molecule has 18 heavy (non-hydrogen) atoms. The molecule has 0 bridgehead atoms. The Balaban J connectivity index is 2.26. The minimum absolute atomic E-state index is 0.159. The van der Waals surface area contributed by atoms with Gasteiger partial charge in [-0.2, -0.15) is 0 Å². The van der Waals surface area contributed by atoms with Crippen LogP contribution in [-0.2, 0) is 15.9 Å². The van der Waals surface area contributed by atoms with E-state index in [-0.39, 0.29) is 11.1 Å². The van der Waals surface area contributed by atoms with Crippen LogP contribution in [-0.4, -0.2) is 11.6 Å². The summed E-state index contributed by atoms with van der Waals surface area (Å²) < 4.78 is 6.00. The van der Waals surface area contributed by atoms with Gasteiger partial charge in [0, 0.05) is 12.0 Å². The van der Waals surface area contributed by atoms with Crippen molar-refractivity contribution >= 4 is 11.3 Å². The van der Waals surface area contributed by atoms with Crippen molar-refractivity contribution in [3.63, 3.8) is 0 Å². The number of thiazole rings is 1. The first kappa shape index (κ1) is 14.0. The highest BCUT2D eigenvalue weighted by molar-refractivity contribution is 7.09. The highest BCUT2D eigenvalue weighted by atomic mass is 32.1. The van der Waals surface area contributed by atoms with Crippen LogP contribution in [0.15, 0.2) is 5.38 Å². The molecule has 0 amide bonds. The van der Waals surface area contributed by atoms with Gasteiger partial charge in [-0.1, -0.05) is 13.8 Å². The Kier molecular flexibility index (Phi) is 4.09. The molecular formula is C14H24N2OS. The van der Waals surface area contributed by atoms with Crippen molar-refractivity contribution in [3.05, 3.63) is 16.1 Å². The fraction of sp³-hybridized carbons (Fsp3) is 0.786. The SMILES string of the molecule is CCOC(CC)(CC)c1nc(C2(N)CCC2)cs1. The summed E-state index contributed by atoms with van der Waals surface area (Å²) in [5.74, 6) is 0. The third kappa shape index (κ3) is 2.22. The molecule has 4 heteroatoms. The maximum atomic E-state index is 6.34. The van der Waals surface area contributed by atoms with Gasteiger partial charge in [0.25, 0.3) is 0 Å². The van der Waals surface area contributed by atoms with E-state index in [1.54, 1.807) is 11.3 Å². The van der Waals surface area contributed by atoms with Crippen LogP contribution in [0.4, 0.5) is 0 Å². The maximum absolute atomic E-state index is 6.34. The predicted molar refractivity (Wildman–Crippen MR) is 75.7 cm³/mol. The number of aromatic nitrogens is 1. The van der Waals surface area contributed by atoms with E-state index < -0.39 is 0 Å². The fourth-order valence-corrected chi connectivity index (χ4v) is 3.84. The van der Waals surface area contributed by atoms with E-state index in [1.165, 1.54) is 6.42 Å². The fourth-order valence-electron chi connectivity index (χ4n) is 2.62. The summed E-state index contributed by atoms with van der Waals surface area (Å²) in [4.78, 5) is 4.81. The topological polar surface area (TPSA) is 48.1 Å². The maximum Gasteiger partial charge on any atom is 0.125 e. The summed E-state index contributed by atoms with van der Waals surface area (Å²) in [5.41, 5.74) is 7.04. The van der Waals surface area contributed by atoms with Crippen molar-refractivity contribution in [2.75, 3.05) is 6.61 Å². The van der Waals surface area contributed by atoms with Gasteiger partial charge in [0.1, 0.15) is 10.6 Å². The molecule has 0 aromatic carbocycles. The van der Waals surface area contributed by atoms with Crippen molar-refractivity contribution in [1.29, 1.82) is 0 Å². The molecule has 0 radical (unpaired) electrons. The lowest BCUT2D eigenvalue weighted by Crippen LogP contribution is -2.43. The number of ether oxygens (including phenoxy) is 1. The lowest BCUT2D eigenvalue weighted by molar-refractivity contribution is -0.0508. The van der Waals surface area contributed by atoms with Gasteiger partial charge >= 0.3 is 0 Å². The zero-order chi connectivity index (χ0) is 13.2. The van der Waals surface area contributed by atoms with Crippen LogP contribution in [0.2, 0.25) is 0 Å². The zero-order valence-corrected chi connectivity index (χ0v) is 12.5. The molecule has 0 atom stereocenters. The van der Waals surface area contributed by atoms with Gasteiger partial charge in [-0.3, -0.25) is 0 Å². The third-order valence-electron chi connectivity index (χ3n) is 4.21. The standard InChI is InChI=1S/C14H24N2OS/c1-4-14(5-2,17-6-3)12-16-11(10-18-12)13(15)8-7-9-13/h10H,4-9,15H2,1-3H3. The van der Waals surface area contributed by atoms with E-state index in [2.05, 4.69) is 19.2 Å². The predicted octanol–water partition coefficient (Wildman–Crippen LogP) is 3.53. The van der Waals surface area contributed by atoms with E-state index >= 15 is 0 Å². The molecule has 1 aromatic heterocycles. The average Bonchev–Trinajstić information content (AvgIpc) is 2.83. The van der Waals surface area contributed by atoms with Gasteiger partial charge < -0.3 is 10.5 Å². The van der Waals surface area contributed by atoms with Crippen LogP contribution >= 0.6 is 11.3 Å². The van der Waals surface area contributed by atoms with Crippen molar-refractivity contribution in [2.45, 2.75) is 64.0 Å². The molecule has 1 aliphatic rings. The molecule has 1 aromatic rings. The Hall–Kier alpha value is -0.450. The molecular weight excluding hydrogens is 244 g/mol. The summed E-state index contributed by atoms with van der Waals surface area (Å²) >= 11 is 1.71. The Morgan fingerprint density at radius 3 is 2.50 bits per heavy atom. The van der Waals surface area contributed by atoms with Crippen molar-refractivity contribution < 1.29 is 4.74 Å². The lowest BCUT2D eigenvalue weighted by Gasteiger charge is -2.36. The van der Waals surface area contributed by atoms with Crippen LogP contribution in [0.1, 0.15) is 63.6 Å². The average molecular weight is 268 g/mol. The lowest BCUT2D eigenvalue weighted by atomic mass is 9.76. The minimum Gasteiger partial charge on any atom is -0.368 e. The summed E-state index contributed by atoms with van der Waals surface area (Å²) in [6.07, 6.45) is 5.28. The summed E-state index contributed by atoms with van der Waals surface area (Å²) in [6.45, 7) is 7.11. The smallest absolute Gasteiger partial charge is 0.125 e. The Bertz CT molecular complexity index is 394. The number of hydrogen-bond donors (Lipinski definition) is 1. The molecule has 0 saturated heterocycles. The van der Waals surface area contributed by atoms with Crippen LogP contribution in [0, 0.1) is 0 Å². The van der Waals surface area contributed by atoms with Crippen LogP contribution < -0.4 is 5.73 Å². The molecule has 3 nitrogen and oxygen atoms in total. The summed E-state index contributed by atoms with van der Waals surface area (Å²) in [7, 11) is 0. The van der Waals surface area contributed by atoms with E-state index in [0.29, 0.717) is 0 Å². The van der Waals surface area contributed by atoms with Crippen molar-refractivity contribution in [3.8, 4) is 0 Å². The normalized spacial score (nSPS) is 18.7. The first-order chi connectivity index (χ1) is 8.60. The van der Waals surface area contributed by atoms with Gasteiger partial charge in [-0.25, -0.2) is 4.98 Å². The molecule has 0 aliphatic heterocycles. The zero-order valence-electron chi connectivity index (χ0n) is 11.7. The molecule has 102 valence electrons. The van der Waals surface area contributed by atoms with Gasteiger partial charge in [0.2, 0.25) is 0 Å². The summed E-state index contributed by atoms with van der Waals surface area (Å²) in [6, 6.07) is 0. The first-order valence-electron chi connectivity index (χ1n) is 6.99. The second-order valence-corrected chi connectivity index (χ2v) is 6.04. The van der Waals surface area contributed by atoms with Crippen LogP contribution in [0.3, 0.4) is 0 Å². The monoisotopic (exact) mass is 268 g/mol. The van der Waals surface area contributed by atoms with E-state index in [1.807, 2.05) is 6.92 Å². The second-order valence-electron chi connectivity index (χ2n) is 5.18. The molecule has 1 fully saturated rings. The molecule has 2 N–H and O–H groups in total. The van der Waals surface area contributed by atoms with E-state index in [0.717, 1.165) is 43.0 Å². The largest absolute Gasteiger partial charge is 0.368 e. The second kappa shape index (κ2) is 5.27. The number of nitrogens with two attached hydrogens (primary N) is 1. The molecule has 0 unspecified atom stereocenters. The van der Waals surface area contributed by atoms with Gasteiger partial charge in [-0.05, 0) is 39.0 Å². The minimum atomic E-state index is -0.211. The highest BCUT2D eigenvalue weighted by Gasteiger charge is 2.39. The number of nitrogens with zero attached hydrogens (tertiary/aromatic N) is 1. The third-order valence-corrected chi connectivity index (χ3v) is 5.24. The Morgan fingerprint density at radius 1 is 1.39 bits per heavy atom. The molecule has 1 saturated carbocycles. The molecule has 2 rings (SSSR count). The Morgan fingerprint density at radius 2 is 2.06 bits per heavy atom. The summed E-state index contributed by atoms with van der Waals surface area (Å²) in [5, 5.41) is 3.23. The Labute approximate surface area is 114 Å². The van der Waals surface area contributed by atoms with Crippen molar-refractivity contribution in [1.82, 2.24) is 4.98 Å². The van der Waals surface area contributed by atoms with E-state index in [9.17, 15) is 0 Å². The van der Waals surface area contributed by atoms with Gasteiger partial charge in [-0.15, -0.1) is 11.3 Å². The number of rotatable bonds is 6. The van der Waals surface area contributed by atoms with Crippen LogP contribution in [0.25, 0.3) is 0 Å². The molecule has 0 spiro atoms. The van der Waals surface area contributed by atoms with Gasteiger partial charge in [0.05, 0.1) is 11.2 Å². The van der Waals surface area contributed by atoms with E-state index in [4.69, 9.17) is 15.5 Å². The number of hydrogen-bond acceptors (Lipinski definition) is 4. The van der Waals surface area contributed by atoms with Gasteiger partial charge in [0.15, 0.2) is 0 Å². The quantitative estimate of drug-likeness (QED) is 0.858. The molecule has 1 aliphatic carbocycles. The highest BCUT2D eigenvalue weighted by Crippen LogP contribution is 2.42. The van der Waals surface area contributed by atoms with Crippen molar-refractivity contribution in [2.24, 2.45) is 5.73 Å². The van der Waals surface area contributed by atoms with Crippen LogP contribution in [0.5, 0.6) is 0 Å². The first-order valence-corrected chi connectivity index (χ1v) is 7.87.